The first kappa shape index (κ1) is 31.4. The number of allylic oxidation sites excluding steroid dienone is 5. The number of hydrogen-bond acceptors (Lipinski definition) is 5. The average Bonchev–Trinajstić information content (AvgIpc) is 2.41. The van der Waals surface area contributed by atoms with Crippen molar-refractivity contribution in [2.75, 3.05) is 18.1 Å². The van der Waals surface area contributed by atoms with E-state index >= 15 is 0 Å². The molecular formula is C17H29Na2O4PS. The second-order valence-electron chi connectivity index (χ2n) is 5.82. The summed E-state index contributed by atoms with van der Waals surface area (Å²) >= 11 is 1.55. The molecule has 0 atom stereocenters. The van der Waals surface area contributed by atoms with Crippen LogP contribution in [0.4, 0.5) is 0 Å². The van der Waals surface area contributed by atoms with Gasteiger partial charge in [-0.2, -0.15) is 11.8 Å². The molecule has 0 fully saturated rings. The van der Waals surface area contributed by atoms with Gasteiger partial charge in [0, 0.05) is 11.5 Å². The third-order valence-corrected chi connectivity index (χ3v) is 4.51. The summed E-state index contributed by atoms with van der Waals surface area (Å²) in [6.45, 7) is 8.48. The Balaban J connectivity index is -0.00000242. The first-order valence-electron chi connectivity index (χ1n) is 7.89. The minimum atomic E-state index is -4.81. The third kappa shape index (κ3) is 25.7. The second kappa shape index (κ2) is 19.0. The van der Waals surface area contributed by atoms with Crippen molar-refractivity contribution in [3.63, 3.8) is 0 Å². The van der Waals surface area contributed by atoms with Crippen molar-refractivity contribution in [3.05, 3.63) is 34.9 Å². The van der Waals surface area contributed by atoms with Gasteiger partial charge in [-0.05, 0) is 53.4 Å². The number of phosphoric acid groups is 1. The maximum atomic E-state index is 10.3. The van der Waals surface area contributed by atoms with E-state index in [1.807, 2.05) is 0 Å². The molecule has 134 valence electrons. The van der Waals surface area contributed by atoms with E-state index in [0.717, 1.165) is 31.4 Å². The van der Waals surface area contributed by atoms with Crippen molar-refractivity contribution >= 4 is 19.6 Å². The van der Waals surface area contributed by atoms with Gasteiger partial charge in [-0.15, -0.1) is 0 Å². The largest absolute Gasteiger partial charge is 1.00 e. The first-order chi connectivity index (χ1) is 10.7. The SMILES string of the molecule is CC(C)=CCCC(C)=CCCC(C)=CCSCCOP(=O)([O-])[O-].[Na+].[Na+]. The van der Waals surface area contributed by atoms with E-state index in [4.69, 9.17) is 0 Å². The minimum Gasteiger partial charge on any atom is -0.790 e. The van der Waals surface area contributed by atoms with E-state index < -0.39 is 7.82 Å². The van der Waals surface area contributed by atoms with Crippen LogP contribution in [0.1, 0.15) is 53.4 Å². The zero-order chi connectivity index (χ0) is 17.7. The van der Waals surface area contributed by atoms with Crippen molar-refractivity contribution < 1.29 is 78.0 Å². The summed E-state index contributed by atoms with van der Waals surface area (Å²) in [5.41, 5.74) is 4.12. The van der Waals surface area contributed by atoms with Crippen molar-refractivity contribution in [1.82, 2.24) is 0 Å². The zero-order valence-corrected chi connectivity index (χ0v) is 22.4. The molecule has 0 heterocycles. The Morgan fingerprint density at radius 2 is 1.48 bits per heavy atom. The van der Waals surface area contributed by atoms with E-state index in [1.165, 1.54) is 16.7 Å². The van der Waals surface area contributed by atoms with E-state index in [9.17, 15) is 14.4 Å². The predicted molar refractivity (Wildman–Crippen MR) is 96.3 cm³/mol. The van der Waals surface area contributed by atoms with E-state index in [-0.39, 0.29) is 65.7 Å². The molecule has 0 rings (SSSR count). The predicted octanol–water partition coefficient (Wildman–Crippen LogP) is -2.01. The third-order valence-electron chi connectivity index (χ3n) is 3.15. The van der Waals surface area contributed by atoms with Gasteiger partial charge in [0.1, 0.15) is 0 Å². The van der Waals surface area contributed by atoms with Gasteiger partial charge >= 0.3 is 59.1 Å². The minimum absolute atomic E-state index is 0. The van der Waals surface area contributed by atoms with Crippen LogP contribution in [-0.2, 0) is 9.09 Å². The molecule has 0 spiro atoms. The van der Waals surface area contributed by atoms with Gasteiger partial charge < -0.3 is 18.9 Å². The zero-order valence-electron chi connectivity index (χ0n) is 16.7. The van der Waals surface area contributed by atoms with Gasteiger partial charge in [-0.25, -0.2) is 0 Å². The van der Waals surface area contributed by atoms with Gasteiger partial charge in [0.2, 0.25) is 0 Å². The van der Waals surface area contributed by atoms with Gasteiger partial charge in [-0.1, -0.05) is 34.9 Å². The molecule has 0 aliphatic heterocycles. The quantitative estimate of drug-likeness (QED) is 0.162. The summed E-state index contributed by atoms with van der Waals surface area (Å²) in [6.07, 6.45) is 11.0. The monoisotopic (exact) mass is 406 g/mol. The van der Waals surface area contributed by atoms with Crippen LogP contribution in [-0.4, -0.2) is 18.1 Å². The van der Waals surface area contributed by atoms with Crippen molar-refractivity contribution in [1.29, 1.82) is 0 Å². The Morgan fingerprint density at radius 3 is 2.00 bits per heavy atom. The molecule has 0 aliphatic carbocycles. The van der Waals surface area contributed by atoms with Gasteiger partial charge in [0.05, 0.1) is 14.4 Å². The summed E-state index contributed by atoms with van der Waals surface area (Å²) in [5.74, 6) is 1.31. The van der Waals surface area contributed by atoms with Gasteiger partial charge in [0.15, 0.2) is 0 Å². The summed E-state index contributed by atoms with van der Waals surface area (Å²) in [6, 6.07) is 0. The molecule has 0 N–H and O–H groups in total. The summed E-state index contributed by atoms with van der Waals surface area (Å²) < 4.78 is 14.4. The number of phosphoric ester groups is 1. The molecule has 0 aromatic heterocycles. The Bertz CT molecular complexity index is 469. The molecule has 25 heavy (non-hydrogen) atoms. The summed E-state index contributed by atoms with van der Waals surface area (Å²) in [5, 5.41) is 0. The van der Waals surface area contributed by atoms with E-state index in [0.29, 0.717) is 5.75 Å². The molecule has 0 saturated heterocycles. The molecule has 0 amide bonds. The number of thioether (sulfide) groups is 1. The summed E-state index contributed by atoms with van der Waals surface area (Å²) in [4.78, 5) is 20.5. The maximum Gasteiger partial charge on any atom is 1.00 e. The second-order valence-corrected chi connectivity index (χ2v) is 8.12. The fourth-order valence-electron chi connectivity index (χ4n) is 1.83. The molecule has 4 nitrogen and oxygen atoms in total. The standard InChI is InChI=1S/C17H31O4PS.2Na/c1-15(2)7-5-8-16(3)9-6-10-17(4)11-13-23-14-12-21-22(18,19)20;;/h7,9,11H,5-6,8,10,12-14H2,1-4H3,(H2,18,19,20);;/q;2*+1/p-2. The number of hydrogen-bond donors (Lipinski definition) is 0. The van der Waals surface area contributed by atoms with Crippen LogP contribution in [0.25, 0.3) is 0 Å². The van der Waals surface area contributed by atoms with Crippen LogP contribution in [0.2, 0.25) is 0 Å². The molecule has 0 bridgehead atoms. The molecule has 0 aromatic carbocycles. The van der Waals surface area contributed by atoms with Crippen LogP contribution >= 0.6 is 19.6 Å². The Hall–Kier alpha value is 1.68. The van der Waals surface area contributed by atoms with Crippen LogP contribution in [0.15, 0.2) is 34.9 Å². The van der Waals surface area contributed by atoms with Crippen molar-refractivity contribution in [3.8, 4) is 0 Å². The molecule has 0 aromatic rings. The average molecular weight is 406 g/mol. The maximum absolute atomic E-state index is 10.3. The van der Waals surface area contributed by atoms with Crippen molar-refractivity contribution in [2.24, 2.45) is 0 Å². The van der Waals surface area contributed by atoms with Gasteiger partial charge in [-0.3, -0.25) is 0 Å². The first-order valence-corrected chi connectivity index (χ1v) is 10.5. The Labute approximate surface area is 202 Å². The molecule has 0 unspecified atom stereocenters. The molecule has 0 saturated carbocycles. The van der Waals surface area contributed by atoms with Crippen LogP contribution in [0, 0.1) is 0 Å². The fraction of sp³-hybridized carbons (Fsp3) is 0.647. The van der Waals surface area contributed by atoms with E-state index in [2.05, 4.69) is 50.4 Å². The molecule has 8 heteroatoms. The van der Waals surface area contributed by atoms with Crippen molar-refractivity contribution in [2.45, 2.75) is 53.4 Å². The number of rotatable bonds is 12. The van der Waals surface area contributed by atoms with Crippen LogP contribution < -0.4 is 68.9 Å². The van der Waals surface area contributed by atoms with Crippen LogP contribution in [0.5, 0.6) is 0 Å². The van der Waals surface area contributed by atoms with Crippen LogP contribution in [0.3, 0.4) is 0 Å². The molecular weight excluding hydrogens is 377 g/mol. The topological polar surface area (TPSA) is 72.4 Å². The Morgan fingerprint density at radius 1 is 0.960 bits per heavy atom. The normalized spacial score (nSPS) is 12.2. The van der Waals surface area contributed by atoms with Gasteiger partial charge in [0.25, 0.3) is 0 Å². The summed E-state index contributed by atoms with van der Waals surface area (Å²) in [7, 11) is -4.81. The smallest absolute Gasteiger partial charge is 0.790 e. The fourth-order valence-corrected chi connectivity index (χ4v) is 3.04. The van der Waals surface area contributed by atoms with E-state index in [1.54, 1.807) is 11.8 Å². The molecule has 0 radical (unpaired) electrons. The Kier molecular flexibility index (Phi) is 23.9. The molecule has 0 aliphatic rings.